The SMILES string of the molecule is CCC(NC(=O)c1cc(-c2cccnc2)nc2ccccc12)c1nc(C)cs1. The number of hydrogen-bond donors (Lipinski definition) is 1. The Morgan fingerprint density at radius 1 is 1.18 bits per heavy atom. The van der Waals surface area contributed by atoms with E-state index in [0.29, 0.717) is 5.56 Å². The minimum atomic E-state index is -0.122. The third-order valence-corrected chi connectivity index (χ3v) is 5.64. The summed E-state index contributed by atoms with van der Waals surface area (Å²) in [6, 6.07) is 13.2. The standard InChI is InChI=1S/C22H20N4OS/c1-3-18(22-24-14(2)13-28-22)26-21(27)17-11-20(15-7-6-10-23-12-15)25-19-9-5-4-8-16(17)19/h4-13,18H,3H2,1-2H3,(H,26,27). The molecule has 1 N–H and O–H groups in total. The molecule has 4 rings (SSSR count). The first-order valence-corrected chi connectivity index (χ1v) is 10.1. The molecule has 28 heavy (non-hydrogen) atoms. The van der Waals surface area contributed by atoms with E-state index in [4.69, 9.17) is 4.98 Å². The Morgan fingerprint density at radius 2 is 2.04 bits per heavy atom. The fourth-order valence-electron chi connectivity index (χ4n) is 3.13. The van der Waals surface area contributed by atoms with Gasteiger partial charge < -0.3 is 5.32 Å². The maximum atomic E-state index is 13.2. The Hall–Kier alpha value is -3.12. The van der Waals surface area contributed by atoms with E-state index in [1.165, 1.54) is 0 Å². The third kappa shape index (κ3) is 3.64. The fraction of sp³-hybridized carbons (Fsp3) is 0.182. The van der Waals surface area contributed by atoms with E-state index in [9.17, 15) is 4.79 Å². The van der Waals surface area contributed by atoms with E-state index in [1.807, 2.05) is 61.7 Å². The lowest BCUT2D eigenvalue weighted by atomic mass is 10.0. The summed E-state index contributed by atoms with van der Waals surface area (Å²) in [5.41, 5.74) is 3.98. The van der Waals surface area contributed by atoms with Crippen LogP contribution < -0.4 is 5.32 Å². The number of carbonyl (C=O) groups is 1. The predicted octanol–water partition coefficient (Wildman–Crippen LogP) is 4.94. The Labute approximate surface area is 167 Å². The third-order valence-electron chi connectivity index (χ3n) is 4.57. The summed E-state index contributed by atoms with van der Waals surface area (Å²) in [6.45, 7) is 4.01. The zero-order chi connectivity index (χ0) is 19.5. The molecular weight excluding hydrogens is 368 g/mol. The molecule has 3 heterocycles. The molecule has 1 aromatic carbocycles. The van der Waals surface area contributed by atoms with Crippen LogP contribution in [-0.2, 0) is 0 Å². The maximum Gasteiger partial charge on any atom is 0.252 e. The number of fused-ring (bicyclic) bond motifs is 1. The number of rotatable bonds is 5. The van der Waals surface area contributed by atoms with Crippen LogP contribution in [0.3, 0.4) is 0 Å². The summed E-state index contributed by atoms with van der Waals surface area (Å²) in [5.74, 6) is -0.122. The van der Waals surface area contributed by atoms with Gasteiger partial charge in [0.2, 0.25) is 0 Å². The summed E-state index contributed by atoms with van der Waals surface area (Å²) in [6.07, 6.45) is 4.25. The Morgan fingerprint density at radius 3 is 2.75 bits per heavy atom. The number of nitrogens with zero attached hydrogens (tertiary/aromatic N) is 3. The summed E-state index contributed by atoms with van der Waals surface area (Å²) < 4.78 is 0. The van der Waals surface area contributed by atoms with Gasteiger partial charge in [0.1, 0.15) is 5.01 Å². The molecule has 0 aliphatic carbocycles. The Kier molecular flexibility index (Phi) is 5.12. The average Bonchev–Trinajstić information content (AvgIpc) is 3.17. The average molecular weight is 388 g/mol. The molecule has 0 radical (unpaired) electrons. The molecule has 3 aromatic heterocycles. The lowest BCUT2D eigenvalue weighted by molar-refractivity contribution is 0.0937. The van der Waals surface area contributed by atoms with Crippen LogP contribution in [0.5, 0.6) is 0 Å². The molecule has 1 atom stereocenters. The van der Waals surface area contributed by atoms with Crippen molar-refractivity contribution >= 4 is 28.1 Å². The van der Waals surface area contributed by atoms with E-state index in [-0.39, 0.29) is 11.9 Å². The van der Waals surface area contributed by atoms with Gasteiger partial charge in [0.15, 0.2) is 0 Å². The number of hydrogen-bond acceptors (Lipinski definition) is 5. The smallest absolute Gasteiger partial charge is 0.252 e. The van der Waals surface area contributed by atoms with E-state index in [1.54, 1.807) is 23.7 Å². The zero-order valence-electron chi connectivity index (χ0n) is 15.7. The van der Waals surface area contributed by atoms with Crippen LogP contribution >= 0.6 is 11.3 Å². The molecule has 4 aromatic rings. The highest BCUT2D eigenvalue weighted by Crippen LogP contribution is 2.26. The van der Waals surface area contributed by atoms with Gasteiger partial charge in [0.05, 0.1) is 22.8 Å². The highest BCUT2D eigenvalue weighted by Gasteiger charge is 2.19. The van der Waals surface area contributed by atoms with Crippen LogP contribution in [-0.4, -0.2) is 20.9 Å². The second-order valence-electron chi connectivity index (χ2n) is 6.58. The van der Waals surface area contributed by atoms with E-state index < -0.39 is 0 Å². The normalized spacial score (nSPS) is 12.1. The Balaban J connectivity index is 1.75. The van der Waals surface area contributed by atoms with Gasteiger partial charge in [-0.2, -0.15) is 0 Å². The molecule has 0 spiro atoms. The van der Waals surface area contributed by atoms with Crippen molar-refractivity contribution in [1.29, 1.82) is 0 Å². The minimum Gasteiger partial charge on any atom is -0.343 e. The van der Waals surface area contributed by atoms with Gasteiger partial charge in [-0.25, -0.2) is 9.97 Å². The minimum absolute atomic E-state index is 0.111. The molecule has 0 saturated carbocycles. The molecule has 0 fully saturated rings. The summed E-state index contributed by atoms with van der Waals surface area (Å²) in [7, 11) is 0. The lowest BCUT2D eigenvalue weighted by Gasteiger charge is -2.16. The molecule has 0 saturated heterocycles. The summed E-state index contributed by atoms with van der Waals surface area (Å²) >= 11 is 1.58. The second kappa shape index (κ2) is 7.86. The monoisotopic (exact) mass is 388 g/mol. The maximum absolute atomic E-state index is 13.2. The van der Waals surface area contributed by atoms with Crippen LogP contribution in [0.25, 0.3) is 22.2 Å². The highest BCUT2D eigenvalue weighted by molar-refractivity contribution is 7.09. The molecule has 5 nitrogen and oxygen atoms in total. The first-order valence-electron chi connectivity index (χ1n) is 9.18. The van der Waals surface area contributed by atoms with Crippen molar-refractivity contribution in [3.8, 4) is 11.3 Å². The van der Waals surface area contributed by atoms with Crippen molar-refractivity contribution in [2.24, 2.45) is 0 Å². The second-order valence-corrected chi connectivity index (χ2v) is 7.47. The Bertz CT molecular complexity index is 1120. The van der Waals surface area contributed by atoms with Crippen LogP contribution in [0.4, 0.5) is 0 Å². The highest BCUT2D eigenvalue weighted by atomic mass is 32.1. The molecular formula is C22H20N4OS. The van der Waals surface area contributed by atoms with Gasteiger partial charge in [-0.05, 0) is 37.6 Å². The molecule has 0 bridgehead atoms. The first-order chi connectivity index (χ1) is 13.7. The van der Waals surface area contributed by atoms with E-state index in [2.05, 4.69) is 15.3 Å². The van der Waals surface area contributed by atoms with Crippen molar-refractivity contribution in [3.05, 3.63) is 76.5 Å². The quantitative estimate of drug-likeness (QED) is 0.526. The van der Waals surface area contributed by atoms with Crippen LogP contribution in [0.15, 0.2) is 60.2 Å². The fourth-order valence-corrected chi connectivity index (χ4v) is 4.06. The van der Waals surface area contributed by atoms with Gasteiger partial charge in [-0.1, -0.05) is 25.1 Å². The molecule has 0 aliphatic heterocycles. The van der Waals surface area contributed by atoms with E-state index in [0.717, 1.165) is 39.3 Å². The number of aryl methyl sites for hydroxylation is 1. The molecule has 0 aliphatic rings. The number of amides is 1. The molecule has 6 heteroatoms. The van der Waals surface area contributed by atoms with Gasteiger partial charge in [-0.3, -0.25) is 9.78 Å². The van der Waals surface area contributed by atoms with Crippen molar-refractivity contribution < 1.29 is 4.79 Å². The van der Waals surface area contributed by atoms with Crippen molar-refractivity contribution in [3.63, 3.8) is 0 Å². The lowest BCUT2D eigenvalue weighted by Crippen LogP contribution is -2.28. The van der Waals surface area contributed by atoms with Gasteiger partial charge in [0, 0.05) is 34.4 Å². The van der Waals surface area contributed by atoms with E-state index >= 15 is 0 Å². The van der Waals surface area contributed by atoms with Crippen LogP contribution in [0.2, 0.25) is 0 Å². The zero-order valence-corrected chi connectivity index (χ0v) is 16.5. The van der Waals surface area contributed by atoms with Gasteiger partial charge >= 0.3 is 0 Å². The predicted molar refractivity (Wildman–Crippen MR) is 112 cm³/mol. The number of aromatic nitrogens is 3. The molecule has 1 unspecified atom stereocenters. The number of carbonyl (C=O) groups excluding carboxylic acids is 1. The molecule has 1 amide bonds. The largest absolute Gasteiger partial charge is 0.343 e. The number of para-hydroxylation sites is 1. The topological polar surface area (TPSA) is 67.8 Å². The van der Waals surface area contributed by atoms with Crippen LogP contribution in [0, 0.1) is 6.92 Å². The van der Waals surface area contributed by atoms with Crippen molar-refractivity contribution in [2.45, 2.75) is 26.3 Å². The van der Waals surface area contributed by atoms with Gasteiger partial charge in [0.25, 0.3) is 5.91 Å². The molecule has 140 valence electrons. The number of pyridine rings is 2. The number of thiazole rings is 1. The van der Waals surface area contributed by atoms with Crippen molar-refractivity contribution in [2.75, 3.05) is 0 Å². The first kappa shape index (κ1) is 18.3. The number of nitrogens with one attached hydrogen (secondary N) is 1. The van der Waals surface area contributed by atoms with Crippen LogP contribution in [0.1, 0.15) is 40.4 Å². The van der Waals surface area contributed by atoms with Gasteiger partial charge in [-0.15, -0.1) is 11.3 Å². The number of benzene rings is 1. The summed E-state index contributed by atoms with van der Waals surface area (Å²) in [5, 5.41) is 6.92. The summed E-state index contributed by atoms with van der Waals surface area (Å²) in [4.78, 5) is 26.6. The van der Waals surface area contributed by atoms with Crippen molar-refractivity contribution in [1.82, 2.24) is 20.3 Å².